The maximum absolute atomic E-state index is 12.8. The number of carbonyl (C=O) groups excluding carboxylic acids is 1. The maximum Gasteiger partial charge on any atom is 0.243 e. The predicted molar refractivity (Wildman–Crippen MR) is 103 cm³/mol. The molecule has 0 radical (unpaired) electrons. The summed E-state index contributed by atoms with van der Waals surface area (Å²) in [7, 11) is -2.04. The number of benzene rings is 1. The predicted octanol–water partition coefficient (Wildman–Crippen LogP) is 1.81. The highest BCUT2D eigenvalue weighted by atomic mass is 32.2. The number of nitrogens with zero attached hydrogens (tertiary/aromatic N) is 1. The van der Waals surface area contributed by atoms with Gasteiger partial charge < -0.3 is 14.8 Å². The summed E-state index contributed by atoms with van der Waals surface area (Å²) in [5.41, 5.74) is 0.708. The lowest BCUT2D eigenvalue weighted by Gasteiger charge is -2.26. The molecule has 0 aromatic heterocycles. The van der Waals surface area contributed by atoms with Crippen molar-refractivity contribution >= 4 is 15.9 Å². The van der Waals surface area contributed by atoms with Gasteiger partial charge in [-0.2, -0.15) is 4.31 Å². The zero-order valence-corrected chi connectivity index (χ0v) is 17.3. The largest absolute Gasteiger partial charge is 0.496 e. The van der Waals surface area contributed by atoms with Gasteiger partial charge in [0.05, 0.1) is 25.2 Å². The average Bonchev–Trinajstić information content (AvgIpc) is 2.66. The van der Waals surface area contributed by atoms with Crippen molar-refractivity contribution in [2.45, 2.75) is 44.6 Å². The second-order valence-electron chi connectivity index (χ2n) is 7.09. The van der Waals surface area contributed by atoms with Gasteiger partial charge in [-0.25, -0.2) is 8.42 Å². The number of sulfonamides is 1. The topological polar surface area (TPSA) is 84.9 Å². The number of hydrogen-bond donors (Lipinski definition) is 1. The molecular formula is C19H30N2O5S. The van der Waals surface area contributed by atoms with E-state index in [1.54, 1.807) is 18.2 Å². The van der Waals surface area contributed by atoms with Gasteiger partial charge in [0.1, 0.15) is 5.75 Å². The smallest absolute Gasteiger partial charge is 0.243 e. The van der Waals surface area contributed by atoms with E-state index in [1.807, 2.05) is 20.8 Å². The van der Waals surface area contributed by atoms with Crippen LogP contribution in [0.3, 0.4) is 0 Å². The standard InChI is InChI=1S/C19H30N2O5S/c1-14(2)15(3)20-19(22)8-5-16-13-17(6-7-18(16)25-4)27(23,24)21-9-11-26-12-10-21/h6-7,13-15H,5,8-12H2,1-4H3,(H,20,22)/t15-/m0/s1. The van der Waals surface area contributed by atoms with Gasteiger partial charge in [-0.15, -0.1) is 0 Å². The van der Waals surface area contributed by atoms with E-state index >= 15 is 0 Å². The molecule has 1 aromatic carbocycles. The summed E-state index contributed by atoms with van der Waals surface area (Å²) in [6.07, 6.45) is 0.681. The number of hydrogen-bond acceptors (Lipinski definition) is 5. The van der Waals surface area contributed by atoms with Gasteiger partial charge in [0.25, 0.3) is 0 Å². The molecule has 0 unspecified atom stereocenters. The molecule has 1 amide bonds. The molecule has 1 heterocycles. The zero-order chi connectivity index (χ0) is 20.0. The third-order valence-corrected chi connectivity index (χ3v) is 6.76. The molecule has 0 bridgehead atoms. The van der Waals surface area contributed by atoms with Crippen LogP contribution in [-0.4, -0.2) is 58.1 Å². The summed E-state index contributed by atoms with van der Waals surface area (Å²) in [6.45, 7) is 7.56. The number of carbonyl (C=O) groups is 1. The number of ether oxygens (including phenoxy) is 2. The maximum atomic E-state index is 12.8. The Labute approximate surface area is 162 Å². The van der Waals surface area contributed by atoms with Crippen LogP contribution in [0.25, 0.3) is 0 Å². The van der Waals surface area contributed by atoms with Crippen LogP contribution >= 0.6 is 0 Å². The van der Waals surface area contributed by atoms with Crippen LogP contribution in [0.1, 0.15) is 32.8 Å². The van der Waals surface area contributed by atoms with Gasteiger partial charge in [0, 0.05) is 25.6 Å². The van der Waals surface area contributed by atoms with Crippen molar-refractivity contribution < 1.29 is 22.7 Å². The van der Waals surface area contributed by atoms with Crippen LogP contribution in [0.2, 0.25) is 0 Å². The Hall–Kier alpha value is -1.64. The Bertz CT molecular complexity index is 742. The van der Waals surface area contributed by atoms with E-state index in [4.69, 9.17) is 9.47 Å². The van der Waals surface area contributed by atoms with Gasteiger partial charge in [-0.05, 0) is 43.0 Å². The Morgan fingerprint density at radius 3 is 2.52 bits per heavy atom. The van der Waals surface area contributed by atoms with Crippen LogP contribution < -0.4 is 10.1 Å². The number of nitrogens with one attached hydrogen (secondary N) is 1. The lowest BCUT2D eigenvalue weighted by atomic mass is 10.1. The molecule has 2 rings (SSSR count). The van der Waals surface area contributed by atoms with Crippen LogP contribution in [0, 0.1) is 5.92 Å². The van der Waals surface area contributed by atoms with Crippen LogP contribution in [-0.2, 0) is 26.0 Å². The van der Waals surface area contributed by atoms with Gasteiger partial charge in [-0.3, -0.25) is 4.79 Å². The molecule has 1 aromatic rings. The minimum absolute atomic E-state index is 0.0558. The molecule has 8 heteroatoms. The van der Waals surface area contributed by atoms with Crippen molar-refractivity contribution in [3.63, 3.8) is 0 Å². The summed E-state index contributed by atoms with van der Waals surface area (Å²) in [5, 5.41) is 2.96. The number of morpholine rings is 1. The van der Waals surface area contributed by atoms with Gasteiger partial charge in [-0.1, -0.05) is 13.8 Å². The first kappa shape index (κ1) is 21.7. The normalized spacial score (nSPS) is 16.9. The van der Waals surface area contributed by atoms with Crippen LogP contribution in [0.5, 0.6) is 5.75 Å². The summed E-state index contributed by atoms with van der Waals surface area (Å²) >= 11 is 0. The van der Waals surface area contributed by atoms with Crippen molar-refractivity contribution in [2.75, 3.05) is 33.4 Å². The molecule has 1 fully saturated rings. The molecule has 1 saturated heterocycles. The molecule has 27 heavy (non-hydrogen) atoms. The second-order valence-corrected chi connectivity index (χ2v) is 9.03. The SMILES string of the molecule is COc1ccc(S(=O)(=O)N2CCOCC2)cc1CCC(=O)N[C@@H](C)C(C)C. The molecule has 152 valence electrons. The van der Waals surface area contributed by atoms with E-state index in [-0.39, 0.29) is 23.3 Å². The molecule has 0 aliphatic carbocycles. The highest BCUT2D eigenvalue weighted by molar-refractivity contribution is 7.89. The van der Waals surface area contributed by atoms with Crippen molar-refractivity contribution in [3.05, 3.63) is 23.8 Å². The summed E-state index contributed by atoms with van der Waals surface area (Å²) in [5.74, 6) is 0.880. The average molecular weight is 399 g/mol. The van der Waals surface area contributed by atoms with Gasteiger partial charge in [0.2, 0.25) is 15.9 Å². The molecule has 7 nitrogen and oxygen atoms in total. The van der Waals surface area contributed by atoms with Crippen molar-refractivity contribution in [1.82, 2.24) is 9.62 Å². The number of amides is 1. The molecule has 1 N–H and O–H groups in total. The lowest BCUT2D eigenvalue weighted by molar-refractivity contribution is -0.121. The van der Waals surface area contributed by atoms with E-state index in [0.717, 1.165) is 0 Å². The third kappa shape index (κ3) is 5.67. The molecule has 0 spiro atoms. The summed E-state index contributed by atoms with van der Waals surface area (Å²) in [6, 6.07) is 4.90. The third-order valence-electron chi connectivity index (χ3n) is 4.87. The first-order chi connectivity index (χ1) is 12.8. The molecule has 1 aliphatic rings. The van der Waals surface area contributed by atoms with Gasteiger partial charge >= 0.3 is 0 Å². The summed E-state index contributed by atoms with van der Waals surface area (Å²) in [4.78, 5) is 12.4. The Balaban J connectivity index is 2.14. The van der Waals surface area contributed by atoms with E-state index in [1.165, 1.54) is 11.4 Å². The van der Waals surface area contributed by atoms with E-state index < -0.39 is 10.0 Å². The van der Waals surface area contributed by atoms with Crippen LogP contribution in [0.4, 0.5) is 0 Å². The molecule has 1 aliphatic heterocycles. The second kappa shape index (κ2) is 9.52. The zero-order valence-electron chi connectivity index (χ0n) is 16.5. The summed E-state index contributed by atoms with van der Waals surface area (Å²) < 4.78 is 37.7. The highest BCUT2D eigenvalue weighted by Crippen LogP contribution is 2.26. The van der Waals surface area contributed by atoms with Crippen molar-refractivity contribution in [2.24, 2.45) is 5.92 Å². The molecule has 1 atom stereocenters. The van der Waals surface area contributed by atoms with E-state index in [2.05, 4.69) is 5.32 Å². The first-order valence-corrected chi connectivity index (χ1v) is 10.7. The van der Waals surface area contributed by atoms with E-state index in [9.17, 15) is 13.2 Å². The minimum atomic E-state index is -3.58. The van der Waals surface area contributed by atoms with Gasteiger partial charge in [0.15, 0.2) is 0 Å². The fourth-order valence-electron chi connectivity index (χ4n) is 2.79. The molecular weight excluding hydrogens is 368 g/mol. The fourth-order valence-corrected chi connectivity index (χ4v) is 4.25. The number of aryl methyl sites for hydroxylation is 1. The van der Waals surface area contributed by atoms with Crippen molar-refractivity contribution in [3.8, 4) is 5.75 Å². The quantitative estimate of drug-likeness (QED) is 0.722. The first-order valence-electron chi connectivity index (χ1n) is 9.30. The highest BCUT2D eigenvalue weighted by Gasteiger charge is 2.27. The molecule has 0 saturated carbocycles. The Morgan fingerprint density at radius 1 is 1.26 bits per heavy atom. The van der Waals surface area contributed by atoms with Crippen LogP contribution in [0.15, 0.2) is 23.1 Å². The lowest BCUT2D eigenvalue weighted by Crippen LogP contribution is -2.40. The minimum Gasteiger partial charge on any atom is -0.496 e. The van der Waals surface area contributed by atoms with E-state index in [0.29, 0.717) is 50.0 Å². The number of rotatable bonds is 8. The Kier molecular flexibility index (Phi) is 7.64. The Morgan fingerprint density at radius 2 is 1.93 bits per heavy atom. The fraction of sp³-hybridized carbons (Fsp3) is 0.632. The monoisotopic (exact) mass is 398 g/mol. The van der Waals surface area contributed by atoms with Crippen molar-refractivity contribution in [1.29, 1.82) is 0 Å². The number of methoxy groups -OCH3 is 1.